The molecule has 0 atom stereocenters. The lowest BCUT2D eigenvalue weighted by Gasteiger charge is -2.35. The second-order valence-electron chi connectivity index (χ2n) is 5.00. The van der Waals surface area contributed by atoms with Crippen LogP contribution in [0.15, 0.2) is 23.8 Å². The minimum Gasteiger partial charge on any atom is -0.397 e. The fraction of sp³-hybridized carbons (Fsp3) is 0.357. The van der Waals surface area contributed by atoms with Gasteiger partial charge in [0.1, 0.15) is 10.7 Å². The number of hydrogen-bond acceptors (Lipinski definition) is 6. The predicted octanol–water partition coefficient (Wildman–Crippen LogP) is 1.39. The van der Waals surface area contributed by atoms with Crippen molar-refractivity contribution in [2.24, 2.45) is 0 Å². The molecular weight excluding hydrogens is 286 g/mol. The number of pyridine rings is 1. The molecule has 1 aliphatic rings. The van der Waals surface area contributed by atoms with E-state index < -0.39 is 0 Å². The Bertz CT molecular complexity index is 631. The highest BCUT2D eigenvalue weighted by atomic mass is 32.1. The summed E-state index contributed by atoms with van der Waals surface area (Å²) in [6.07, 6.45) is 1.66. The Morgan fingerprint density at radius 3 is 2.57 bits per heavy atom. The van der Waals surface area contributed by atoms with Gasteiger partial charge >= 0.3 is 0 Å². The minimum atomic E-state index is 0.0833. The van der Waals surface area contributed by atoms with Crippen LogP contribution < -0.4 is 10.6 Å². The van der Waals surface area contributed by atoms with Gasteiger partial charge in [-0.2, -0.15) is 0 Å². The molecule has 2 aromatic heterocycles. The Hall–Kier alpha value is -2.15. The quantitative estimate of drug-likeness (QED) is 0.907. The fourth-order valence-corrected chi connectivity index (χ4v) is 3.14. The van der Waals surface area contributed by atoms with Crippen LogP contribution in [0, 0.1) is 6.92 Å². The zero-order valence-electron chi connectivity index (χ0n) is 11.8. The first-order chi connectivity index (χ1) is 10.1. The van der Waals surface area contributed by atoms with Crippen LogP contribution in [0.1, 0.15) is 15.4 Å². The molecule has 0 saturated carbocycles. The summed E-state index contributed by atoms with van der Waals surface area (Å²) < 4.78 is 0. The number of nitrogens with zero attached hydrogens (tertiary/aromatic N) is 4. The van der Waals surface area contributed by atoms with Crippen LogP contribution in [0.2, 0.25) is 0 Å². The van der Waals surface area contributed by atoms with Crippen LogP contribution in [-0.4, -0.2) is 47.0 Å². The van der Waals surface area contributed by atoms with Gasteiger partial charge in [-0.15, -0.1) is 11.3 Å². The molecule has 0 unspecified atom stereocenters. The van der Waals surface area contributed by atoms with Crippen LogP contribution in [0.4, 0.5) is 11.5 Å². The van der Waals surface area contributed by atoms with E-state index in [0.717, 1.165) is 29.5 Å². The molecule has 1 amide bonds. The van der Waals surface area contributed by atoms with E-state index in [0.29, 0.717) is 18.8 Å². The number of aromatic nitrogens is 2. The van der Waals surface area contributed by atoms with Gasteiger partial charge in [0.05, 0.1) is 23.1 Å². The van der Waals surface area contributed by atoms with E-state index in [-0.39, 0.29) is 5.91 Å². The van der Waals surface area contributed by atoms with Crippen molar-refractivity contribution >= 4 is 28.7 Å². The van der Waals surface area contributed by atoms with Crippen molar-refractivity contribution in [3.8, 4) is 0 Å². The zero-order chi connectivity index (χ0) is 14.8. The zero-order valence-corrected chi connectivity index (χ0v) is 12.6. The lowest BCUT2D eigenvalue weighted by atomic mass is 10.2. The van der Waals surface area contributed by atoms with Gasteiger partial charge in [0.15, 0.2) is 0 Å². The molecule has 3 rings (SSSR count). The smallest absolute Gasteiger partial charge is 0.265 e. The average Bonchev–Trinajstić information content (AvgIpc) is 2.94. The number of piperazine rings is 1. The molecule has 0 aliphatic carbocycles. The standard InChI is InChI=1S/C14H17N5OS/c1-10-13(21-9-17-10)14(20)19-6-4-18(5-7-19)12-3-2-11(15)8-16-12/h2-3,8-9H,4-7,15H2,1H3. The van der Waals surface area contributed by atoms with Crippen molar-refractivity contribution in [2.45, 2.75) is 6.92 Å². The molecule has 2 aromatic rings. The normalized spacial score (nSPS) is 15.3. The van der Waals surface area contributed by atoms with E-state index in [1.165, 1.54) is 11.3 Å². The largest absolute Gasteiger partial charge is 0.397 e. The molecule has 7 heteroatoms. The Kier molecular flexibility index (Phi) is 3.74. The molecule has 3 heterocycles. The van der Waals surface area contributed by atoms with Gasteiger partial charge in [-0.1, -0.05) is 0 Å². The predicted molar refractivity (Wildman–Crippen MR) is 83.6 cm³/mol. The molecule has 110 valence electrons. The van der Waals surface area contributed by atoms with E-state index in [9.17, 15) is 4.79 Å². The van der Waals surface area contributed by atoms with Gasteiger partial charge in [-0.05, 0) is 19.1 Å². The lowest BCUT2D eigenvalue weighted by Crippen LogP contribution is -2.49. The van der Waals surface area contributed by atoms with Crippen molar-refractivity contribution in [2.75, 3.05) is 36.8 Å². The van der Waals surface area contributed by atoms with Gasteiger partial charge in [0.2, 0.25) is 0 Å². The van der Waals surface area contributed by atoms with E-state index in [2.05, 4.69) is 14.9 Å². The number of nitrogen functional groups attached to an aromatic ring is 1. The summed E-state index contributed by atoms with van der Waals surface area (Å²) >= 11 is 1.41. The monoisotopic (exact) mass is 303 g/mol. The first kappa shape index (κ1) is 13.8. The van der Waals surface area contributed by atoms with Crippen LogP contribution >= 0.6 is 11.3 Å². The highest BCUT2D eigenvalue weighted by Crippen LogP contribution is 2.19. The maximum absolute atomic E-state index is 12.4. The van der Waals surface area contributed by atoms with Gasteiger partial charge < -0.3 is 15.5 Å². The maximum Gasteiger partial charge on any atom is 0.265 e. The summed E-state index contributed by atoms with van der Waals surface area (Å²) in [5, 5.41) is 0. The van der Waals surface area contributed by atoms with E-state index in [1.54, 1.807) is 11.7 Å². The number of anilines is 2. The first-order valence-corrected chi connectivity index (χ1v) is 7.69. The van der Waals surface area contributed by atoms with E-state index >= 15 is 0 Å². The molecule has 0 bridgehead atoms. The van der Waals surface area contributed by atoms with Crippen LogP contribution in [-0.2, 0) is 0 Å². The third kappa shape index (κ3) is 2.82. The molecule has 0 radical (unpaired) electrons. The number of aryl methyl sites for hydroxylation is 1. The maximum atomic E-state index is 12.4. The van der Waals surface area contributed by atoms with Gasteiger partial charge in [0, 0.05) is 26.2 Å². The third-order valence-corrected chi connectivity index (χ3v) is 4.52. The number of thiazole rings is 1. The second kappa shape index (κ2) is 5.69. The Balaban J connectivity index is 1.64. The summed E-state index contributed by atoms with van der Waals surface area (Å²) in [5.41, 5.74) is 8.84. The highest BCUT2D eigenvalue weighted by Gasteiger charge is 2.24. The molecule has 1 saturated heterocycles. The molecule has 1 fully saturated rings. The minimum absolute atomic E-state index is 0.0833. The summed E-state index contributed by atoms with van der Waals surface area (Å²) in [4.78, 5) is 25.7. The third-order valence-electron chi connectivity index (χ3n) is 3.60. The van der Waals surface area contributed by atoms with Crippen molar-refractivity contribution in [3.05, 3.63) is 34.4 Å². The highest BCUT2D eigenvalue weighted by molar-refractivity contribution is 7.11. The van der Waals surface area contributed by atoms with Crippen molar-refractivity contribution < 1.29 is 4.79 Å². The molecule has 2 N–H and O–H groups in total. The number of rotatable bonds is 2. The summed E-state index contributed by atoms with van der Waals surface area (Å²) in [6.45, 7) is 4.82. The fourth-order valence-electron chi connectivity index (χ4n) is 2.37. The molecular formula is C14H17N5OS. The van der Waals surface area contributed by atoms with Crippen molar-refractivity contribution in [1.82, 2.24) is 14.9 Å². The Labute approximate surface area is 127 Å². The van der Waals surface area contributed by atoms with Crippen molar-refractivity contribution in [1.29, 1.82) is 0 Å². The molecule has 21 heavy (non-hydrogen) atoms. The Morgan fingerprint density at radius 1 is 1.24 bits per heavy atom. The van der Waals surface area contributed by atoms with Gasteiger partial charge in [-0.25, -0.2) is 9.97 Å². The van der Waals surface area contributed by atoms with E-state index in [4.69, 9.17) is 5.73 Å². The lowest BCUT2D eigenvalue weighted by molar-refractivity contribution is 0.0750. The van der Waals surface area contributed by atoms with Gasteiger partial charge in [-0.3, -0.25) is 4.79 Å². The second-order valence-corrected chi connectivity index (χ2v) is 5.85. The van der Waals surface area contributed by atoms with Crippen molar-refractivity contribution in [3.63, 3.8) is 0 Å². The summed E-state index contributed by atoms with van der Waals surface area (Å²) in [6, 6.07) is 3.76. The topological polar surface area (TPSA) is 75.4 Å². The number of nitrogens with two attached hydrogens (primary N) is 1. The summed E-state index contributed by atoms with van der Waals surface area (Å²) in [5.74, 6) is 0.991. The first-order valence-electron chi connectivity index (χ1n) is 6.81. The Morgan fingerprint density at radius 2 is 2.00 bits per heavy atom. The van der Waals surface area contributed by atoms with Gasteiger partial charge in [0.25, 0.3) is 5.91 Å². The van der Waals surface area contributed by atoms with Crippen LogP contribution in [0.3, 0.4) is 0 Å². The number of carbonyl (C=O) groups is 1. The summed E-state index contributed by atoms with van der Waals surface area (Å²) in [7, 11) is 0. The van der Waals surface area contributed by atoms with E-state index in [1.807, 2.05) is 24.0 Å². The molecule has 1 aliphatic heterocycles. The molecule has 0 spiro atoms. The number of carbonyl (C=O) groups excluding carboxylic acids is 1. The number of amides is 1. The molecule has 0 aromatic carbocycles. The van der Waals surface area contributed by atoms with Crippen LogP contribution in [0.25, 0.3) is 0 Å². The average molecular weight is 303 g/mol. The molecule has 6 nitrogen and oxygen atoms in total. The number of hydrogen-bond donors (Lipinski definition) is 1. The van der Waals surface area contributed by atoms with Crippen LogP contribution in [0.5, 0.6) is 0 Å². The SMILES string of the molecule is Cc1ncsc1C(=O)N1CCN(c2ccc(N)cn2)CC1.